The van der Waals surface area contributed by atoms with Gasteiger partial charge in [0.15, 0.2) is 0 Å². The lowest BCUT2D eigenvalue weighted by Crippen LogP contribution is -2.52. The Bertz CT molecular complexity index is 513. The third-order valence-corrected chi connectivity index (χ3v) is 6.88. The van der Waals surface area contributed by atoms with Crippen LogP contribution in [0.25, 0.3) is 0 Å². The largest absolute Gasteiger partial charge is 0.375 e. The molecule has 8 heteroatoms. The molecule has 2 heterocycles. The van der Waals surface area contributed by atoms with Crippen LogP contribution in [0.2, 0.25) is 0 Å². The highest BCUT2D eigenvalue weighted by molar-refractivity contribution is 7.86. The standard InChI is InChI=1S/C15H29N3O4S/c1-13(19)16-8-4-14-5-11-22-15(12-14)6-9-18(10-7-15)23(20,21)17(2)3/h14H,4-12H2,1-3H3,(H,16,19). The molecule has 2 fully saturated rings. The number of nitrogens with zero attached hydrogens (tertiary/aromatic N) is 2. The summed E-state index contributed by atoms with van der Waals surface area (Å²) in [6.45, 7) is 3.99. The Kier molecular flexibility index (Phi) is 6.05. The van der Waals surface area contributed by atoms with Gasteiger partial charge in [0.2, 0.25) is 5.91 Å². The molecule has 7 nitrogen and oxygen atoms in total. The van der Waals surface area contributed by atoms with E-state index in [1.165, 1.54) is 11.2 Å². The van der Waals surface area contributed by atoms with Gasteiger partial charge < -0.3 is 10.1 Å². The zero-order chi connectivity index (χ0) is 17.1. The Morgan fingerprint density at radius 1 is 1.35 bits per heavy atom. The number of amides is 1. The van der Waals surface area contributed by atoms with Crippen LogP contribution in [0, 0.1) is 5.92 Å². The molecule has 1 atom stereocenters. The van der Waals surface area contributed by atoms with Crippen LogP contribution in [0.4, 0.5) is 0 Å². The van der Waals surface area contributed by atoms with Crippen molar-refractivity contribution in [2.45, 2.75) is 44.6 Å². The second kappa shape index (κ2) is 7.46. The maximum atomic E-state index is 12.2. The van der Waals surface area contributed by atoms with Gasteiger partial charge in [0.05, 0.1) is 5.60 Å². The SMILES string of the molecule is CC(=O)NCCC1CCOC2(CCN(S(=O)(=O)N(C)C)CC2)C1. The highest BCUT2D eigenvalue weighted by atomic mass is 32.2. The molecule has 1 spiro atoms. The summed E-state index contributed by atoms with van der Waals surface area (Å²) in [5.41, 5.74) is -0.183. The first-order valence-corrected chi connectivity index (χ1v) is 9.71. The first kappa shape index (κ1) is 18.6. The molecular weight excluding hydrogens is 318 g/mol. The average Bonchev–Trinajstić information content (AvgIpc) is 2.47. The van der Waals surface area contributed by atoms with Crippen molar-refractivity contribution in [1.29, 1.82) is 0 Å². The summed E-state index contributed by atoms with van der Waals surface area (Å²) >= 11 is 0. The molecule has 0 saturated carbocycles. The lowest BCUT2D eigenvalue weighted by atomic mass is 9.79. The normalized spacial score (nSPS) is 25.7. The van der Waals surface area contributed by atoms with E-state index in [2.05, 4.69) is 5.32 Å². The Morgan fingerprint density at radius 2 is 2.00 bits per heavy atom. The van der Waals surface area contributed by atoms with E-state index < -0.39 is 10.2 Å². The molecule has 0 radical (unpaired) electrons. The van der Waals surface area contributed by atoms with Crippen LogP contribution in [0.5, 0.6) is 0 Å². The first-order valence-electron chi connectivity index (χ1n) is 8.31. The lowest BCUT2D eigenvalue weighted by molar-refractivity contribution is -0.122. The van der Waals surface area contributed by atoms with Gasteiger partial charge in [-0.25, -0.2) is 0 Å². The fourth-order valence-corrected chi connectivity index (χ4v) is 4.64. The van der Waals surface area contributed by atoms with Crippen molar-refractivity contribution in [3.05, 3.63) is 0 Å². The predicted octanol–water partition coefficient (Wildman–Crippen LogP) is 0.580. The number of rotatable bonds is 5. The molecule has 0 aromatic carbocycles. The van der Waals surface area contributed by atoms with Crippen molar-refractivity contribution >= 4 is 16.1 Å². The number of hydrogen-bond donors (Lipinski definition) is 1. The minimum Gasteiger partial charge on any atom is -0.375 e. The van der Waals surface area contributed by atoms with Gasteiger partial charge >= 0.3 is 0 Å². The van der Waals surface area contributed by atoms with Crippen molar-refractivity contribution in [3.63, 3.8) is 0 Å². The van der Waals surface area contributed by atoms with Gasteiger partial charge in [0, 0.05) is 47.3 Å². The van der Waals surface area contributed by atoms with Crippen LogP contribution in [0.1, 0.15) is 39.0 Å². The smallest absolute Gasteiger partial charge is 0.281 e. The molecule has 2 aliphatic heterocycles. The molecule has 0 aromatic heterocycles. The molecule has 0 aromatic rings. The molecule has 0 aliphatic carbocycles. The average molecular weight is 347 g/mol. The lowest BCUT2D eigenvalue weighted by Gasteiger charge is -2.46. The highest BCUT2D eigenvalue weighted by Crippen LogP contribution is 2.39. The zero-order valence-corrected chi connectivity index (χ0v) is 15.2. The molecule has 1 N–H and O–H groups in total. The molecule has 2 rings (SSSR count). The number of carbonyl (C=O) groups excluding carboxylic acids is 1. The molecule has 2 saturated heterocycles. The Hall–Kier alpha value is -0.700. The van der Waals surface area contributed by atoms with E-state index in [0.717, 1.165) is 38.7 Å². The molecular formula is C15H29N3O4S. The number of carbonyl (C=O) groups is 1. The summed E-state index contributed by atoms with van der Waals surface area (Å²) in [5, 5.41) is 2.85. The van der Waals surface area contributed by atoms with E-state index in [0.29, 0.717) is 25.6 Å². The van der Waals surface area contributed by atoms with E-state index in [4.69, 9.17) is 4.74 Å². The van der Waals surface area contributed by atoms with Crippen LogP contribution in [-0.2, 0) is 19.7 Å². The molecule has 23 heavy (non-hydrogen) atoms. The van der Waals surface area contributed by atoms with E-state index in [1.807, 2.05) is 0 Å². The second-order valence-corrected chi connectivity index (χ2v) is 8.99. The van der Waals surface area contributed by atoms with E-state index in [9.17, 15) is 13.2 Å². The van der Waals surface area contributed by atoms with E-state index in [1.54, 1.807) is 18.4 Å². The summed E-state index contributed by atoms with van der Waals surface area (Å²) in [6.07, 6.45) is 4.43. The van der Waals surface area contributed by atoms with Crippen molar-refractivity contribution in [1.82, 2.24) is 13.9 Å². The maximum Gasteiger partial charge on any atom is 0.281 e. The first-order chi connectivity index (χ1) is 10.8. The summed E-state index contributed by atoms with van der Waals surface area (Å²) in [4.78, 5) is 11.0. The minimum atomic E-state index is -3.33. The fraction of sp³-hybridized carbons (Fsp3) is 0.933. The van der Waals surface area contributed by atoms with E-state index in [-0.39, 0.29) is 11.5 Å². The molecule has 1 unspecified atom stereocenters. The summed E-state index contributed by atoms with van der Waals surface area (Å²) in [5.74, 6) is 0.543. The second-order valence-electron chi connectivity index (χ2n) is 6.85. The molecule has 1 amide bonds. The number of hydrogen-bond acceptors (Lipinski definition) is 4. The molecule has 0 bridgehead atoms. The van der Waals surface area contributed by atoms with Crippen molar-refractivity contribution in [3.8, 4) is 0 Å². The van der Waals surface area contributed by atoms with Gasteiger partial charge in [0.25, 0.3) is 10.2 Å². The zero-order valence-electron chi connectivity index (χ0n) is 14.4. The minimum absolute atomic E-state index is 0.00831. The van der Waals surface area contributed by atoms with Gasteiger partial charge in [-0.3, -0.25) is 4.79 Å². The summed E-state index contributed by atoms with van der Waals surface area (Å²) in [6, 6.07) is 0. The number of ether oxygens (including phenoxy) is 1. The van der Waals surface area contributed by atoms with Crippen LogP contribution >= 0.6 is 0 Å². The van der Waals surface area contributed by atoms with E-state index >= 15 is 0 Å². The van der Waals surface area contributed by atoms with Crippen LogP contribution in [-0.4, -0.2) is 68.9 Å². The van der Waals surface area contributed by atoms with Gasteiger partial charge in [0.1, 0.15) is 0 Å². The Labute approximate surface area is 139 Å². The fourth-order valence-electron chi connectivity index (χ4n) is 3.53. The van der Waals surface area contributed by atoms with Gasteiger partial charge in [-0.15, -0.1) is 0 Å². The summed E-state index contributed by atoms with van der Waals surface area (Å²) in [7, 11) is -0.200. The van der Waals surface area contributed by atoms with Crippen molar-refractivity contribution in [2.24, 2.45) is 5.92 Å². The van der Waals surface area contributed by atoms with Gasteiger partial charge in [-0.1, -0.05) is 0 Å². The maximum absolute atomic E-state index is 12.2. The monoisotopic (exact) mass is 347 g/mol. The van der Waals surface area contributed by atoms with Crippen LogP contribution in [0.15, 0.2) is 0 Å². The Balaban J connectivity index is 1.88. The Morgan fingerprint density at radius 3 is 2.57 bits per heavy atom. The summed E-state index contributed by atoms with van der Waals surface area (Å²) < 4.78 is 33.3. The topological polar surface area (TPSA) is 79.0 Å². The number of nitrogens with one attached hydrogen (secondary N) is 1. The molecule has 134 valence electrons. The van der Waals surface area contributed by atoms with Crippen molar-refractivity contribution < 1.29 is 17.9 Å². The molecule has 2 aliphatic rings. The van der Waals surface area contributed by atoms with Crippen molar-refractivity contribution in [2.75, 3.05) is 40.3 Å². The van der Waals surface area contributed by atoms with Crippen LogP contribution < -0.4 is 5.32 Å². The van der Waals surface area contributed by atoms with Gasteiger partial charge in [-0.2, -0.15) is 17.0 Å². The van der Waals surface area contributed by atoms with Gasteiger partial charge in [-0.05, 0) is 38.0 Å². The predicted molar refractivity (Wildman–Crippen MR) is 88.1 cm³/mol. The van der Waals surface area contributed by atoms with Crippen LogP contribution in [0.3, 0.4) is 0 Å². The quantitative estimate of drug-likeness (QED) is 0.789. The highest BCUT2D eigenvalue weighted by Gasteiger charge is 2.42. The number of piperidine rings is 1. The third-order valence-electron chi connectivity index (χ3n) is 4.94. The third kappa shape index (κ3) is 4.65.